The minimum Gasteiger partial charge on any atom is -0.467 e. The van der Waals surface area contributed by atoms with Crippen molar-refractivity contribution in [1.82, 2.24) is 14.8 Å². The number of carbonyl (C=O) groups excluding carboxylic acids is 1. The molecule has 6 nitrogen and oxygen atoms in total. The smallest absolute Gasteiger partial charge is 0.281 e. The van der Waals surface area contributed by atoms with E-state index in [2.05, 4.69) is 15.4 Å². The lowest BCUT2D eigenvalue weighted by molar-refractivity contribution is 0.0947. The summed E-state index contributed by atoms with van der Waals surface area (Å²) in [5, 5.41) is 8.04. The van der Waals surface area contributed by atoms with Crippen LogP contribution in [0, 0.1) is 6.92 Å². The Hall–Kier alpha value is -3.38. The molecule has 0 saturated heterocycles. The monoisotopic (exact) mass is 392 g/mol. The quantitative estimate of drug-likeness (QED) is 0.528. The SMILES string of the molecule is Cc1ccc(-c2nc(NCc3ccco3)n(C(=O)c3cccc(Cl)c3)n2)cc1. The summed E-state index contributed by atoms with van der Waals surface area (Å²) in [5.41, 5.74) is 2.38. The molecule has 0 atom stereocenters. The lowest BCUT2D eigenvalue weighted by Gasteiger charge is -2.06. The highest BCUT2D eigenvalue weighted by Gasteiger charge is 2.19. The zero-order valence-corrected chi connectivity index (χ0v) is 15.8. The van der Waals surface area contributed by atoms with Gasteiger partial charge in [-0.1, -0.05) is 47.5 Å². The van der Waals surface area contributed by atoms with Gasteiger partial charge in [0.1, 0.15) is 5.76 Å². The molecule has 2 aromatic heterocycles. The molecule has 0 saturated carbocycles. The Kier molecular flexibility index (Phi) is 4.95. The number of nitrogens with zero attached hydrogens (tertiary/aromatic N) is 3. The molecule has 4 aromatic rings. The molecule has 0 aliphatic carbocycles. The third-order valence-corrected chi connectivity index (χ3v) is 4.42. The van der Waals surface area contributed by atoms with Crippen LogP contribution in [0.25, 0.3) is 11.4 Å². The average molecular weight is 393 g/mol. The van der Waals surface area contributed by atoms with E-state index in [1.165, 1.54) is 4.68 Å². The summed E-state index contributed by atoms with van der Waals surface area (Å²) >= 11 is 6.04. The van der Waals surface area contributed by atoms with Gasteiger partial charge in [-0.15, -0.1) is 5.10 Å². The standard InChI is InChI=1S/C21H17ClN4O2/c1-14-7-9-15(10-8-14)19-24-21(23-13-18-6-3-11-28-18)26(25-19)20(27)16-4-2-5-17(22)12-16/h2-12H,13H2,1H3,(H,23,24,25). The second-order valence-corrected chi connectivity index (χ2v) is 6.72. The van der Waals surface area contributed by atoms with Crippen molar-refractivity contribution >= 4 is 23.5 Å². The molecule has 0 aliphatic heterocycles. The third-order valence-electron chi connectivity index (χ3n) is 4.18. The van der Waals surface area contributed by atoms with E-state index in [0.29, 0.717) is 28.9 Å². The van der Waals surface area contributed by atoms with Gasteiger partial charge >= 0.3 is 0 Å². The van der Waals surface area contributed by atoms with Gasteiger partial charge in [-0.2, -0.15) is 9.67 Å². The number of carbonyl (C=O) groups is 1. The number of hydrogen-bond donors (Lipinski definition) is 1. The van der Waals surface area contributed by atoms with Crippen LogP contribution in [0.15, 0.2) is 71.3 Å². The molecule has 0 aliphatic rings. The van der Waals surface area contributed by atoms with Gasteiger partial charge in [-0.25, -0.2) is 0 Å². The number of halogens is 1. The highest BCUT2D eigenvalue weighted by Crippen LogP contribution is 2.21. The number of anilines is 1. The molecule has 2 aromatic carbocycles. The van der Waals surface area contributed by atoms with E-state index >= 15 is 0 Å². The minimum atomic E-state index is -0.324. The van der Waals surface area contributed by atoms with Gasteiger partial charge in [-0.05, 0) is 37.3 Å². The van der Waals surface area contributed by atoms with Gasteiger partial charge in [0.15, 0.2) is 5.82 Å². The van der Waals surface area contributed by atoms with E-state index in [0.717, 1.165) is 16.9 Å². The normalized spacial score (nSPS) is 10.8. The first-order chi connectivity index (χ1) is 13.6. The third kappa shape index (κ3) is 3.82. The van der Waals surface area contributed by atoms with Crippen LogP contribution in [0.1, 0.15) is 21.7 Å². The van der Waals surface area contributed by atoms with Crippen molar-refractivity contribution in [3.05, 3.63) is 88.8 Å². The number of nitrogens with one attached hydrogen (secondary N) is 1. The molecule has 0 bridgehead atoms. The molecule has 2 heterocycles. The summed E-state index contributed by atoms with van der Waals surface area (Å²) in [6, 6.07) is 18.2. The van der Waals surface area contributed by atoms with Crippen LogP contribution < -0.4 is 5.32 Å². The summed E-state index contributed by atoms with van der Waals surface area (Å²) < 4.78 is 6.59. The molecule has 0 amide bonds. The predicted octanol–water partition coefficient (Wildman–Crippen LogP) is 4.80. The largest absolute Gasteiger partial charge is 0.467 e. The maximum absolute atomic E-state index is 13.0. The lowest BCUT2D eigenvalue weighted by Crippen LogP contribution is -2.17. The minimum absolute atomic E-state index is 0.324. The van der Waals surface area contributed by atoms with Gasteiger partial charge in [0.05, 0.1) is 12.8 Å². The van der Waals surface area contributed by atoms with Crippen LogP contribution in [0.5, 0.6) is 0 Å². The fourth-order valence-electron chi connectivity index (χ4n) is 2.72. The summed E-state index contributed by atoms with van der Waals surface area (Å²) in [6.07, 6.45) is 1.59. The Morgan fingerprint density at radius 1 is 1.14 bits per heavy atom. The number of furan rings is 1. The molecule has 28 heavy (non-hydrogen) atoms. The second-order valence-electron chi connectivity index (χ2n) is 6.29. The number of rotatable bonds is 5. The summed E-state index contributed by atoms with van der Waals surface area (Å²) in [6.45, 7) is 2.39. The van der Waals surface area contributed by atoms with Crippen molar-refractivity contribution < 1.29 is 9.21 Å². The Morgan fingerprint density at radius 2 is 1.96 bits per heavy atom. The van der Waals surface area contributed by atoms with Crippen molar-refractivity contribution in [2.45, 2.75) is 13.5 Å². The topological polar surface area (TPSA) is 73.0 Å². The summed E-state index contributed by atoms with van der Waals surface area (Å²) in [5.74, 6) is 1.19. The van der Waals surface area contributed by atoms with E-state index < -0.39 is 0 Å². The van der Waals surface area contributed by atoms with Gasteiger partial charge in [-0.3, -0.25) is 4.79 Å². The van der Waals surface area contributed by atoms with E-state index in [1.54, 1.807) is 36.6 Å². The molecule has 1 N–H and O–H groups in total. The zero-order valence-electron chi connectivity index (χ0n) is 15.1. The van der Waals surface area contributed by atoms with Crippen molar-refractivity contribution in [2.24, 2.45) is 0 Å². The van der Waals surface area contributed by atoms with Gasteiger partial charge in [0.25, 0.3) is 5.91 Å². The van der Waals surface area contributed by atoms with Crippen LogP contribution in [0.2, 0.25) is 5.02 Å². The molecular formula is C21H17ClN4O2. The maximum atomic E-state index is 13.0. The van der Waals surface area contributed by atoms with Crippen LogP contribution >= 0.6 is 11.6 Å². The fraction of sp³-hybridized carbons (Fsp3) is 0.0952. The zero-order chi connectivity index (χ0) is 19.5. The van der Waals surface area contributed by atoms with Gasteiger partial charge in [0, 0.05) is 16.1 Å². The van der Waals surface area contributed by atoms with E-state index in [1.807, 2.05) is 37.3 Å². The first-order valence-electron chi connectivity index (χ1n) is 8.71. The molecule has 0 spiro atoms. The first-order valence-corrected chi connectivity index (χ1v) is 9.08. The van der Waals surface area contributed by atoms with Crippen LogP contribution in [0.3, 0.4) is 0 Å². The highest BCUT2D eigenvalue weighted by atomic mass is 35.5. The first kappa shape index (κ1) is 18.0. The molecule has 7 heteroatoms. The fourth-order valence-corrected chi connectivity index (χ4v) is 2.91. The van der Waals surface area contributed by atoms with Crippen molar-refractivity contribution in [1.29, 1.82) is 0 Å². The summed E-state index contributed by atoms with van der Waals surface area (Å²) in [7, 11) is 0. The van der Waals surface area contributed by atoms with Crippen LogP contribution in [0.4, 0.5) is 5.95 Å². The molecule has 0 fully saturated rings. The van der Waals surface area contributed by atoms with E-state index in [-0.39, 0.29) is 5.91 Å². The van der Waals surface area contributed by atoms with Crippen molar-refractivity contribution in [3.8, 4) is 11.4 Å². The predicted molar refractivity (Wildman–Crippen MR) is 107 cm³/mol. The Balaban J connectivity index is 1.71. The summed E-state index contributed by atoms with van der Waals surface area (Å²) in [4.78, 5) is 17.5. The molecule has 0 unspecified atom stereocenters. The molecular weight excluding hydrogens is 376 g/mol. The number of benzene rings is 2. The number of aryl methyl sites for hydroxylation is 1. The van der Waals surface area contributed by atoms with E-state index in [4.69, 9.17) is 16.0 Å². The van der Waals surface area contributed by atoms with Crippen molar-refractivity contribution in [3.63, 3.8) is 0 Å². The number of hydrogen-bond acceptors (Lipinski definition) is 5. The van der Waals surface area contributed by atoms with Crippen LogP contribution in [-0.2, 0) is 6.54 Å². The van der Waals surface area contributed by atoms with Gasteiger partial charge in [0.2, 0.25) is 5.95 Å². The number of aromatic nitrogens is 3. The van der Waals surface area contributed by atoms with E-state index in [9.17, 15) is 4.79 Å². The van der Waals surface area contributed by atoms with Crippen LogP contribution in [-0.4, -0.2) is 20.7 Å². The Morgan fingerprint density at radius 3 is 2.68 bits per heavy atom. The average Bonchev–Trinajstić information content (AvgIpc) is 3.36. The highest BCUT2D eigenvalue weighted by molar-refractivity contribution is 6.31. The second kappa shape index (κ2) is 7.70. The Bertz CT molecular complexity index is 1100. The van der Waals surface area contributed by atoms with Gasteiger partial charge < -0.3 is 9.73 Å². The molecule has 0 radical (unpaired) electrons. The van der Waals surface area contributed by atoms with Crippen molar-refractivity contribution in [2.75, 3.05) is 5.32 Å². The Labute approximate surface area is 166 Å². The molecule has 4 rings (SSSR count). The molecule has 140 valence electrons. The lowest BCUT2D eigenvalue weighted by atomic mass is 10.1. The maximum Gasteiger partial charge on any atom is 0.281 e.